The van der Waals surface area contributed by atoms with E-state index in [0.29, 0.717) is 0 Å². The summed E-state index contributed by atoms with van der Waals surface area (Å²) in [7, 11) is 0. The Labute approximate surface area is 211 Å². The molecule has 34 heavy (non-hydrogen) atoms. The fourth-order valence-corrected chi connectivity index (χ4v) is 5.84. The van der Waals surface area contributed by atoms with Crippen LogP contribution in [0.2, 0.25) is 0 Å². The molecule has 0 aromatic rings. The SMILES string of the molecule is CCCCCCCCCC[C@@H](O)[C@H]1CC[C@@H]([C@H]2CC[C@@H]([C@@H](O)CCCCCCCCCC)O2)O1. The predicted octanol–water partition coefficient (Wildman–Crippen LogP) is 7.87. The molecule has 0 saturated carbocycles. The number of aliphatic hydroxyl groups excluding tert-OH is 2. The van der Waals surface area contributed by atoms with Crippen LogP contribution in [0.3, 0.4) is 0 Å². The molecule has 0 aromatic carbocycles. The molecule has 0 bridgehead atoms. The van der Waals surface area contributed by atoms with Gasteiger partial charge in [0.2, 0.25) is 0 Å². The first-order valence-electron chi connectivity index (χ1n) is 15.3. The van der Waals surface area contributed by atoms with E-state index < -0.39 is 0 Å². The van der Waals surface area contributed by atoms with Crippen molar-refractivity contribution in [2.24, 2.45) is 0 Å². The average molecular weight is 483 g/mol. The van der Waals surface area contributed by atoms with Crippen molar-refractivity contribution in [3.8, 4) is 0 Å². The lowest BCUT2D eigenvalue weighted by molar-refractivity contribution is -0.110. The smallest absolute Gasteiger partial charge is 0.0842 e. The van der Waals surface area contributed by atoms with E-state index in [1.54, 1.807) is 0 Å². The third kappa shape index (κ3) is 12.2. The van der Waals surface area contributed by atoms with Crippen LogP contribution in [0.4, 0.5) is 0 Å². The topological polar surface area (TPSA) is 58.9 Å². The van der Waals surface area contributed by atoms with Gasteiger partial charge in [-0.05, 0) is 38.5 Å². The van der Waals surface area contributed by atoms with Crippen LogP contribution in [0, 0.1) is 0 Å². The quantitative estimate of drug-likeness (QED) is 0.163. The number of ether oxygens (including phenoxy) is 2. The molecule has 0 unspecified atom stereocenters. The van der Waals surface area contributed by atoms with Gasteiger partial charge in [0.1, 0.15) is 0 Å². The van der Waals surface area contributed by atoms with E-state index in [-0.39, 0.29) is 36.6 Å². The average Bonchev–Trinajstić information content (AvgIpc) is 3.52. The van der Waals surface area contributed by atoms with E-state index in [9.17, 15) is 10.2 Å². The van der Waals surface area contributed by atoms with Gasteiger partial charge in [0.25, 0.3) is 0 Å². The molecule has 6 atom stereocenters. The summed E-state index contributed by atoms with van der Waals surface area (Å²) in [6.45, 7) is 4.52. The molecule has 0 spiro atoms. The van der Waals surface area contributed by atoms with Gasteiger partial charge in [0, 0.05) is 0 Å². The zero-order chi connectivity index (χ0) is 24.4. The van der Waals surface area contributed by atoms with E-state index in [2.05, 4.69) is 13.8 Å². The molecule has 2 heterocycles. The van der Waals surface area contributed by atoms with Crippen molar-refractivity contribution in [1.82, 2.24) is 0 Å². The normalized spacial score (nSPS) is 26.8. The second-order valence-electron chi connectivity index (χ2n) is 11.2. The second kappa shape index (κ2) is 19.0. The highest BCUT2D eigenvalue weighted by Gasteiger charge is 2.40. The van der Waals surface area contributed by atoms with Gasteiger partial charge in [0.05, 0.1) is 36.6 Å². The maximum Gasteiger partial charge on any atom is 0.0842 e. The maximum absolute atomic E-state index is 10.6. The van der Waals surface area contributed by atoms with E-state index in [4.69, 9.17) is 9.47 Å². The Bertz CT molecular complexity index is 429. The van der Waals surface area contributed by atoms with Crippen molar-refractivity contribution < 1.29 is 19.7 Å². The second-order valence-corrected chi connectivity index (χ2v) is 11.2. The fraction of sp³-hybridized carbons (Fsp3) is 1.00. The van der Waals surface area contributed by atoms with Crippen molar-refractivity contribution in [2.45, 2.75) is 192 Å². The fourth-order valence-electron chi connectivity index (χ4n) is 5.84. The minimum Gasteiger partial charge on any atom is -0.390 e. The van der Waals surface area contributed by atoms with Crippen LogP contribution in [-0.2, 0) is 9.47 Å². The molecule has 202 valence electrons. The van der Waals surface area contributed by atoms with E-state index in [0.717, 1.165) is 51.4 Å². The largest absolute Gasteiger partial charge is 0.390 e. The van der Waals surface area contributed by atoms with Crippen LogP contribution in [-0.4, -0.2) is 46.8 Å². The molecule has 2 saturated heterocycles. The highest BCUT2D eigenvalue weighted by atomic mass is 16.6. The summed E-state index contributed by atoms with van der Waals surface area (Å²) in [6.07, 6.45) is 25.7. The molecule has 2 aliphatic rings. The molecule has 4 nitrogen and oxygen atoms in total. The Balaban J connectivity index is 1.51. The summed E-state index contributed by atoms with van der Waals surface area (Å²) in [4.78, 5) is 0. The summed E-state index contributed by atoms with van der Waals surface area (Å²) < 4.78 is 12.5. The van der Waals surface area contributed by atoms with Crippen LogP contribution in [0.5, 0.6) is 0 Å². The Morgan fingerprint density at radius 3 is 1.18 bits per heavy atom. The zero-order valence-electron chi connectivity index (χ0n) is 22.7. The minimum atomic E-state index is -0.338. The third-order valence-corrected chi connectivity index (χ3v) is 8.15. The van der Waals surface area contributed by atoms with E-state index in [1.165, 1.54) is 89.9 Å². The van der Waals surface area contributed by atoms with Crippen LogP contribution in [0.25, 0.3) is 0 Å². The standard InChI is InChI=1S/C30H58O4/c1-3-5-7-9-11-13-15-17-19-25(31)27-21-23-29(33-27)30-24-22-28(34-30)26(32)20-18-16-14-12-10-8-6-4-2/h25-32H,3-24H2,1-2H3/t25-,26+,27-,28+,29+,30-. The minimum absolute atomic E-state index is 0.0283. The van der Waals surface area contributed by atoms with Gasteiger partial charge in [-0.25, -0.2) is 0 Å². The molecule has 2 rings (SSSR count). The van der Waals surface area contributed by atoms with Crippen molar-refractivity contribution in [2.75, 3.05) is 0 Å². The number of rotatable bonds is 21. The van der Waals surface area contributed by atoms with Gasteiger partial charge in [-0.1, -0.05) is 117 Å². The number of aliphatic hydroxyl groups is 2. The molecular weight excluding hydrogens is 424 g/mol. The van der Waals surface area contributed by atoms with E-state index in [1.807, 2.05) is 0 Å². The molecule has 0 aliphatic carbocycles. The van der Waals surface area contributed by atoms with Crippen LogP contribution in [0.1, 0.15) is 155 Å². The summed E-state index contributed by atoms with van der Waals surface area (Å²) in [5, 5.41) is 21.2. The molecule has 2 aliphatic heterocycles. The van der Waals surface area contributed by atoms with Crippen molar-refractivity contribution in [3.05, 3.63) is 0 Å². The van der Waals surface area contributed by atoms with Gasteiger partial charge in [-0.3, -0.25) is 0 Å². The van der Waals surface area contributed by atoms with Crippen LogP contribution >= 0.6 is 0 Å². The van der Waals surface area contributed by atoms with Crippen molar-refractivity contribution >= 4 is 0 Å². The predicted molar refractivity (Wildman–Crippen MR) is 142 cm³/mol. The molecule has 0 radical (unpaired) electrons. The van der Waals surface area contributed by atoms with Crippen molar-refractivity contribution in [3.63, 3.8) is 0 Å². The molecular formula is C30H58O4. The third-order valence-electron chi connectivity index (χ3n) is 8.15. The highest BCUT2D eigenvalue weighted by Crippen LogP contribution is 2.34. The maximum atomic E-state index is 10.6. The lowest BCUT2D eigenvalue weighted by atomic mass is 10.0. The van der Waals surface area contributed by atoms with Gasteiger partial charge in [-0.15, -0.1) is 0 Å². The van der Waals surface area contributed by atoms with Crippen LogP contribution in [0.15, 0.2) is 0 Å². The highest BCUT2D eigenvalue weighted by molar-refractivity contribution is 4.89. The molecule has 2 N–H and O–H groups in total. The van der Waals surface area contributed by atoms with Crippen LogP contribution < -0.4 is 0 Å². The first kappa shape index (κ1) is 30.1. The van der Waals surface area contributed by atoms with Crippen molar-refractivity contribution in [1.29, 1.82) is 0 Å². The first-order chi connectivity index (χ1) is 16.7. The van der Waals surface area contributed by atoms with E-state index >= 15 is 0 Å². The Kier molecular flexibility index (Phi) is 16.8. The Hall–Kier alpha value is -0.160. The first-order valence-corrected chi connectivity index (χ1v) is 15.3. The van der Waals surface area contributed by atoms with Gasteiger partial charge < -0.3 is 19.7 Å². The summed E-state index contributed by atoms with van der Waals surface area (Å²) >= 11 is 0. The Morgan fingerprint density at radius 2 is 0.824 bits per heavy atom. The van der Waals surface area contributed by atoms with Gasteiger partial charge in [0.15, 0.2) is 0 Å². The number of hydrogen-bond donors (Lipinski definition) is 2. The lowest BCUT2D eigenvalue weighted by Crippen LogP contribution is -2.33. The summed E-state index contributed by atoms with van der Waals surface area (Å²) in [5.41, 5.74) is 0. The zero-order valence-corrected chi connectivity index (χ0v) is 22.7. The molecule has 2 fully saturated rings. The number of hydrogen-bond acceptors (Lipinski definition) is 4. The summed E-state index contributed by atoms with van der Waals surface area (Å²) in [5.74, 6) is 0. The summed E-state index contributed by atoms with van der Waals surface area (Å²) in [6, 6.07) is 0. The molecule has 0 amide bonds. The van der Waals surface area contributed by atoms with Gasteiger partial charge >= 0.3 is 0 Å². The molecule has 0 aromatic heterocycles. The number of unbranched alkanes of at least 4 members (excludes halogenated alkanes) is 14. The lowest BCUT2D eigenvalue weighted by Gasteiger charge is -2.24. The molecule has 4 heteroatoms. The monoisotopic (exact) mass is 482 g/mol. The Morgan fingerprint density at radius 1 is 0.500 bits per heavy atom. The van der Waals surface area contributed by atoms with Gasteiger partial charge in [-0.2, -0.15) is 0 Å².